The number of fused-ring (bicyclic) bond motifs is 1. The molecule has 0 unspecified atom stereocenters. The quantitative estimate of drug-likeness (QED) is 0.311. The molecule has 1 N–H and O–H groups in total. The van der Waals surface area contributed by atoms with Gasteiger partial charge in [-0.15, -0.1) is 11.3 Å². The maximum Gasteiger partial charge on any atom is 0.359 e. The Labute approximate surface area is 234 Å². The van der Waals surface area contributed by atoms with Crippen LogP contribution < -0.4 is 15.6 Å². The van der Waals surface area contributed by atoms with Crippen LogP contribution in [0.2, 0.25) is 0 Å². The minimum atomic E-state index is -3.62. The second kappa shape index (κ2) is 11.2. The summed E-state index contributed by atoms with van der Waals surface area (Å²) in [5.41, 5.74) is -0.0223. The summed E-state index contributed by atoms with van der Waals surface area (Å²) in [4.78, 5) is 39.6. The Morgan fingerprint density at radius 1 is 1.05 bits per heavy atom. The Morgan fingerprint density at radius 2 is 1.73 bits per heavy atom. The smallest absolute Gasteiger partial charge is 0.359 e. The molecule has 1 aliphatic rings. The summed E-state index contributed by atoms with van der Waals surface area (Å²) >= 11 is 1.07. The van der Waals surface area contributed by atoms with Crippen molar-refractivity contribution in [2.45, 2.75) is 24.7 Å². The van der Waals surface area contributed by atoms with Crippen LogP contribution in [0.1, 0.15) is 40.6 Å². The first-order chi connectivity index (χ1) is 19.2. The molecule has 11 nitrogen and oxygen atoms in total. The van der Waals surface area contributed by atoms with Crippen molar-refractivity contribution in [1.29, 1.82) is 0 Å². The lowest BCUT2D eigenvalue weighted by molar-refractivity contribution is 0.0519. The van der Waals surface area contributed by atoms with Gasteiger partial charge in [0.05, 0.1) is 29.7 Å². The van der Waals surface area contributed by atoms with Crippen LogP contribution in [0.5, 0.6) is 5.75 Å². The zero-order chi connectivity index (χ0) is 28.4. The highest BCUT2D eigenvalue weighted by atomic mass is 32.2. The van der Waals surface area contributed by atoms with Crippen LogP contribution in [0, 0.1) is 0 Å². The highest BCUT2D eigenvalue weighted by Gasteiger charge is 2.27. The van der Waals surface area contributed by atoms with E-state index in [-0.39, 0.29) is 38.5 Å². The number of hydrogen-bond acceptors (Lipinski definition) is 9. The van der Waals surface area contributed by atoms with Gasteiger partial charge >= 0.3 is 5.97 Å². The van der Waals surface area contributed by atoms with E-state index in [1.165, 1.54) is 35.7 Å². The average Bonchev–Trinajstić information content (AvgIpc) is 3.65. The number of ether oxygens (including phenoxy) is 2. The van der Waals surface area contributed by atoms with Gasteiger partial charge in [0.15, 0.2) is 5.69 Å². The van der Waals surface area contributed by atoms with Gasteiger partial charge in [0.1, 0.15) is 10.8 Å². The van der Waals surface area contributed by atoms with E-state index in [1.807, 2.05) is 0 Å². The highest BCUT2D eigenvalue weighted by Crippen LogP contribution is 2.31. The van der Waals surface area contributed by atoms with E-state index < -0.39 is 27.5 Å². The molecule has 0 radical (unpaired) electrons. The number of carbonyl (C=O) groups excluding carboxylic acids is 2. The first-order valence-corrected chi connectivity index (χ1v) is 14.8. The van der Waals surface area contributed by atoms with Gasteiger partial charge in [0, 0.05) is 29.4 Å². The Bertz CT molecular complexity index is 1740. The zero-order valence-corrected chi connectivity index (χ0v) is 23.4. The van der Waals surface area contributed by atoms with Gasteiger partial charge in [0.25, 0.3) is 11.5 Å². The summed E-state index contributed by atoms with van der Waals surface area (Å²) in [6.07, 6.45) is 1.64. The van der Waals surface area contributed by atoms with Crippen molar-refractivity contribution in [3.8, 4) is 11.4 Å². The number of esters is 1. The fourth-order valence-electron chi connectivity index (χ4n) is 4.42. The third kappa shape index (κ3) is 5.10. The van der Waals surface area contributed by atoms with Gasteiger partial charge in [-0.1, -0.05) is 0 Å². The molecular weight excluding hydrogens is 556 g/mol. The van der Waals surface area contributed by atoms with Crippen molar-refractivity contribution >= 4 is 49.0 Å². The van der Waals surface area contributed by atoms with Crippen molar-refractivity contribution in [2.75, 3.05) is 32.1 Å². The second-order valence-corrected chi connectivity index (χ2v) is 11.7. The van der Waals surface area contributed by atoms with E-state index in [4.69, 9.17) is 9.47 Å². The molecule has 5 rings (SSSR count). The number of aromatic nitrogens is 2. The Balaban J connectivity index is 1.51. The van der Waals surface area contributed by atoms with Crippen LogP contribution >= 0.6 is 11.3 Å². The van der Waals surface area contributed by atoms with Crippen LogP contribution in [0.3, 0.4) is 0 Å². The van der Waals surface area contributed by atoms with Gasteiger partial charge in [-0.25, -0.2) is 13.2 Å². The molecule has 208 valence electrons. The molecule has 0 saturated carbocycles. The normalized spacial score (nSPS) is 13.8. The molecule has 1 saturated heterocycles. The number of methoxy groups -OCH3 is 1. The molecule has 40 heavy (non-hydrogen) atoms. The lowest BCUT2D eigenvalue weighted by atomic mass is 10.2. The minimum absolute atomic E-state index is 0.0690. The van der Waals surface area contributed by atoms with Crippen LogP contribution in [-0.4, -0.2) is 61.2 Å². The first-order valence-electron chi connectivity index (χ1n) is 12.5. The summed E-state index contributed by atoms with van der Waals surface area (Å²) in [5, 5.41) is 9.15. The van der Waals surface area contributed by atoms with E-state index in [0.717, 1.165) is 28.9 Å². The number of sulfonamides is 1. The zero-order valence-electron chi connectivity index (χ0n) is 21.7. The van der Waals surface area contributed by atoms with Gasteiger partial charge in [-0.2, -0.15) is 14.1 Å². The summed E-state index contributed by atoms with van der Waals surface area (Å²) in [7, 11) is -2.10. The maximum absolute atomic E-state index is 13.6. The number of nitrogens with one attached hydrogen (secondary N) is 1. The Kier molecular flexibility index (Phi) is 7.70. The molecule has 0 atom stereocenters. The van der Waals surface area contributed by atoms with E-state index >= 15 is 0 Å². The predicted octanol–water partition coefficient (Wildman–Crippen LogP) is 3.67. The highest BCUT2D eigenvalue weighted by molar-refractivity contribution is 7.89. The third-order valence-corrected chi connectivity index (χ3v) is 9.29. The van der Waals surface area contributed by atoms with E-state index in [2.05, 4.69) is 10.4 Å². The van der Waals surface area contributed by atoms with Gasteiger partial charge in [-0.3, -0.25) is 9.59 Å². The second-order valence-electron chi connectivity index (χ2n) is 8.93. The fourth-order valence-corrected chi connectivity index (χ4v) is 6.87. The third-order valence-electron chi connectivity index (χ3n) is 6.48. The fraction of sp³-hybridized carbons (Fsp3) is 0.259. The molecule has 0 spiro atoms. The first kappa shape index (κ1) is 27.5. The number of rotatable bonds is 8. The van der Waals surface area contributed by atoms with Gasteiger partial charge < -0.3 is 14.8 Å². The predicted molar refractivity (Wildman–Crippen MR) is 150 cm³/mol. The molecular formula is C27H26N4O7S2. The number of nitrogens with zero attached hydrogens (tertiary/aromatic N) is 3. The summed E-state index contributed by atoms with van der Waals surface area (Å²) < 4.78 is 38.5. The molecule has 3 heterocycles. The van der Waals surface area contributed by atoms with Crippen LogP contribution in [0.25, 0.3) is 16.5 Å². The molecule has 2 aromatic carbocycles. The number of benzene rings is 2. The topological polar surface area (TPSA) is 137 Å². The van der Waals surface area contributed by atoms with Crippen molar-refractivity contribution in [3.63, 3.8) is 0 Å². The monoisotopic (exact) mass is 582 g/mol. The summed E-state index contributed by atoms with van der Waals surface area (Å²) in [6.45, 7) is 2.73. The van der Waals surface area contributed by atoms with E-state index in [0.29, 0.717) is 24.5 Å². The number of amides is 1. The molecule has 1 aliphatic heterocycles. The number of anilines is 1. The van der Waals surface area contributed by atoms with Gasteiger partial charge in [0.2, 0.25) is 10.0 Å². The minimum Gasteiger partial charge on any atom is -0.497 e. The number of thiophene rings is 1. The SMILES string of the molecule is CCOC(=O)c1nn(-c2ccc(OC)cc2)c(=O)c2c(NC(=O)c3ccc(S(=O)(=O)N4CCCC4)cc3)scc12. The van der Waals surface area contributed by atoms with Crippen LogP contribution in [0.4, 0.5) is 5.00 Å². The van der Waals surface area contributed by atoms with Crippen molar-refractivity contribution in [2.24, 2.45) is 0 Å². The number of carbonyl (C=O) groups is 2. The average molecular weight is 583 g/mol. The van der Waals surface area contributed by atoms with Crippen molar-refractivity contribution in [3.05, 3.63) is 75.5 Å². The van der Waals surface area contributed by atoms with Crippen LogP contribution in [0.15, 0.2) is 63.6 Å². The Hall–Kier alpha value is -4.07. The number of hydrogen-bond donors (Lipinski definition) is 1. The van der Waals surface area contributed by atoms with Crippen molar-refractivity contribution in [1.82, 2.24) is 14.1 Å². The van der Waals surface area contributed by atoms with Crippen molar-refractivity contribution < 1.29 is 27.5 Å². The molecule has 4 aromatic rings. The largest absolute Gasteiger partial charge is 0.497 e. The molecule has 0 bridgehead atoms. The molecule has 2 aromatic heterocycles. The van der Waals surface area contributed by atoms with Crippen LogP contribution in [-0.2, 0) is 14.8 Å². The molecule has 13 heteroatoms. The van der Waals surface area contributed by atoms with E-state index in [9.17, 15) is 22.8 Å². The van der Waals surface area contributed by atoms with E-state index in [1.54, 1.807) is 36.6 Å². The lowest BCUT2D eigenvalue weighted by Crippen LogP contribution is -2.27. The van der Waals surface area contributed by atoms with Gasteiger partial charge in [-0.05, 0) is 68.3 Å². The standard InChI is InChI=1S/C27H26N4O7S2/c1-3-38-27(34)23-21-16-39-25(22(21)26(33)31(29-23)18-8-10-19(37-2)11-9-18)28-24(32)17-6-12-20(13-7-17)40(35,36)30-14-4-5-15-30/h6-13,16H,3-5,14-15H2,1-2H3,(H,28,32). The molecule has 0 aliphatic carbocycles. The summed E-state index contributed by atoms with van der Waals surface area (Å²) in [5.74, 6) is -0.676. The maximum atomic E-state index is 13.6. The Morgan fingerprint density at radius 3 is 2.35 bits per heavy atom. The molecule has 1 amide bonds. The lowest BCUT2D eigenvalue weighted by Gasteiger charge is -2.15. The molecule has 1 fully saturated rings. The summed E-state index contributed by atoms with van der Waals surface area (Å²) in [6, 6.07) is 12.2.